The van der Waals surface area contributed by atoms with Crippen molar-refractivity contribution < 1.29 is 9.21 Å². The van der Waals surface area contributed by atoms with Gasteiger partial charge in [0.1, 0.15) is 11.8 Å². The largest absolute Gasteiger partial charge is 0.463 e. The molecule has 16 heavy (non-hydrogen) atoms. The Morgan fingerprint density at radius 3 is 2.62 bits per heavy atom. The average molecular weight is 217 g/mol. The average Bonchev–Trinajstić information content (AvgIpc) is 2.58. The molecule has 3 heteroatoms. The van der Waals surface area contributed by atoms with Crippen LogP contribution in [0.4, 0.5) is 0 Å². The Balaban J connectivity index is 2.37. The molecule has 0 saturated carbocycles. The van der Waals surface area contributed by atoms with Crippen LogP contribution in [0.15, 0.2) is 34.9 Å². The molecule has 3 nitrogen and oxygen atoms in total. The number of nitrogens with one attached hydrogen (secondary N) is 1. The summed E-state index contributed by atoms with van der Waals surface area (Å²) < 4.78 is 5.32. The predicted molar refractivity (Wildman–Crippen MR) is 63.4 cm³/mol. The topological polar surface area (TPSA) is 42.2 Å². The molecule has 0 saturated heterocycles. The van der Waals surface area contributed by atoms with E-state index >= 15 is 0 Å². The van der Waals surface area contributed by atoms with E-state index in [9.17, 15) is 4.79 Å². The minimum Gasteiger partial charge on any atom is -0.463 e. The van der Waals surface area contributed by atoms with E-state index < -0.39 is 0 Å². The van der Waals surface area contributed by atoms with Gasteiger partial charge in [0.05, 0.1) is 5.56 Å². The number of amides is 1. The van der Waals surface area contributed by atoms with Gasteiger partial charge < -0.3 is 9.73 Å². The van der Waals surface area contributed by atoms with Crippen molar-refractivity contribution in [2.75, 3.05) is 0 Å². The fraction of sp³-hybridized carbons (Fsp3) is 0.308. The zero-order valence-corrected chi connectivity index (χ0v) is 9.70. The van der Waals surface area contributed by atoms with E-state index in [4.69, 9.17) is 4.42 Å². The van der Waals surface area contributed by atoms with E-state index in [1.807, 2.05) is 45.0 Å². The Hall–Kier alpha value is -1.77. The summed E-state index contributed by atoms with van der Waals surface area (Å²) in [5.41, 5.74) is 1.09. The third-order valence-electron chi connectivity index (χ3n) is 2.21. The molecule has 0 atom stereocenters. The van der Waals surface area contributed by atoms with Crippen molar-refractivity contribution in [1.29, 1.82) is 0 Å². The lowest BCUT2D eigenvalue weighted by atomic mass is 10.1. The zero-order valence-electron chi connectivity index (χ0n) is 9.70. The summed E-state index contributed by atoms with van der Waals surface area (Å²) in [6.07, 6.45) is 1.51. The maximum atomic E-state index is 12.0. The molecule has 0 aliphatic heterocycles. The van der Waals surface area contributed by atoms with Gasteiger partial charge >= 0.3 is 0 Å². The normalized spacial score (nSPS) is 11.7. The number of furan rings is 1. The maximum Gasteiger partial charge on any atom is 0.255 e. The number of fused-ring (bicyclic) bond motifs is 1. The van der Waals surface area contributed by atoms with Gasteiger partial charge in [-0.2, -0.15) is 0 Å². The number of hydrogen-bond donors (Lipinski definition) is 1. The second-order valence-corrected chi connectivity index (χ2v) is 4.85. The number of hydrogen-bond acceptors (Lipinski definition) is 2. The molecular formula is C13H15NO2. The van der Waals surface area contributed by atoms with E-state index in [0.29, 0.717) is 5.56 Å². The fourth-order valence-corrected chi connectivity index (χ4v) is 1.56. The van der Waals surface area contributed by atoms with Crippen molar-refractivity contribution in [2.45, 2.75) is 26.3 Å². The van der Waals surface area contributed by atoms with E-state index in [1.54, 1.807) is 0 Å². The van der Waals surface area contributed by atoms with Gasteiger partial charge in [-0.1, -0.05) is 18.2 Å². The first kappa shape index (κ1) is 10.7. The Labute approximate surface area is 94.4 Å². The molecule has 1 aromatic heterocycles. The highest BCUT2D eigenvalue weighted by Gasteiger charge is 2.18. The minimum atomic E-state index is -0.241. The maximum absolute atomic E-state index is 12.0. The Morgan fingerprint density at radius 2 is 1.94 bits per heavy atom. The van der Waals surface area contributed by atoms with Gasteiger partial charge in [0, 0.05) is 10.9 Å². The smallest absolute Gasteiger partial charge is 0.255 e. The van der Waals surface area contributed by atoms with Gasteiger partial charge in [0.15, 0.2) is 0 Å². The molecule has 0 unspecified atom stereocenters. The van der Waals surface area contributed by atoms with Crippen LogP contribution in [-0.2, 0) is 0 Å². The van der Waals surface area contributed by atoms with Crippen molar-refractivity contribution >= 4 is 16.9 Å². The van der Waals surface area contributed by atoms with Gasteiger partial charge in [0.2, 0.25) is 0 Å². The number of para-hydroxylation sites is 1. The number of benzene rings is 1. The van der Waals surface area contributed by atoms with E-state index in [1.165, 1.54) is 6.26 Å². The lowest BCUT2D eigenvalue weighted by molar-refractivity contribution is 0.0920. The van der Waals surface area contributed by atoms with E-state index in [0.717, 1.165) is 11.0 Å². The Morgan fingerprint density at radius 1 is 1.25 bits per heavy atom. The molecule has 0 aliphatic carbocycles. The molecule has 1 aromatic carbocycles. The van der Waals surface area contributed by atoms with Crippen LogP contribution in [0.2, 0.25) is 0 Å². The molecule has 1 heterocycles. The molecule has 1 N–H and O–H groups in total. The summed E-state index contributed by atoms with van der Waals surface area (Å²) >= 11 is 0. The van der Waals surface area contributed by atoms with Crippen molar-refractivity contribution in [1.82, 2.24) is 5.32 Å². The third-order valence-corrected chi connectivity index (χ3v) is 2.21. The number of carbonyl (C=O) groups excluding carboxylic acids is 1. The Bertz CT molecular complexity index is 520. The molecule has 2 rings (SSSR count). The van der Waals surface area contributed by atoms with Crippen LogP contribution >= 0.6 is 0 Å². The molecule has 1 amide bonds. The van der Waals surface area contributed by atoms with Gasteiger partial charge in [-0.3, -0.25) is 4.79 Å². The Kier molecular flexibility index (Phi) is 2.46. The van der Waals surface area contributed by atoms with Crippen molar-refractivity contribution in [3.05, 3.63) is 36.1 Å². The first-order valence-electron chi connectivity index (χ1n) is 5.26. The van der Waals surface area contributed by atoms with Crippen LogP contribution in [0.5, 0.6) is 0 Å². The van der Waals surface area contributed by atoms with Crippen LogP contribution in [0.3, 0.4) is 0 Å². The van der Waals surface area contributed by atoms with Crippen LogP contribution in [0.25, 0.3) is 11.0 Å². The minimum absolute atomic E-state index is 0.0996. The summed E-state index contributed by atoms with van der Waals surface area (Å²) in [6, 6.07) is 7.52. The molecular weight excluding hydrogens is 202 g/mol. The number of carbonyl (C=O) groups is 1. The second-order valence-electron chi connectivity index (χ2n) is 4.85. The highest BCUT2D eigenvalue weighted by atomic mass is 16.3. The summed E-state index contributed by atoms with van der Waals surface area (Å²) in [6.45, 7) is 5.85. The third kappa shape index (κ3) is 2.08. The zero-order chi connectivity index (χ0) is 11.8. The lowest BCUT2D eigenvalue weighted by Gasteiger charge is -2.19. The summed E-state index contributed by atoms with van der Waals surface area (Å²) in [7, 11) is 0. The van der Waals surface area contributed by atoms with Crippen molar-refractivity contribution in [3.8, 4) is 0 Å². The molecule has 0 spiro atoms. The second kappa shape index (κ2) is 3.67. The monoisotopic (exact) mass is 217 g/mol. The molecule has 0 aliphatic rings. The van der Waals surface area contributed by atoms with Crippen LogP contribution in [0.1, 0.15) is 31.1 Å². The van der Waals surface area contributed by atoms with Crippen LogP contribution < -0.4 is 5.32 Å². The summed E-state index contributed by atoms with van der Waals surface area (Å²) in [5, 5.41) is 3.77. The highest BCUT2D eigenvalue weighted by molar-refractivity contribution is 6.06. The van der Waals surface area contributed by atoms with Crippen LogP contribution in [0, 0.1) is 0 Å². The van der Waals surface area contributed by atoms with Crippen molar-refractivity contribution in [3.63, 3.8) is 0 Å². The molecule has 0 fully saturated rings. The molecule has 0 bridgehead atoms. The number of rotatable bonds is 1. The highest BCUT2D eigenvalue weighted by Crippen LogP contribution is 2.20. The first-order valence-corrected chi connectivity index (χ1v) is 5.26. The van der Waals surface area contributed by atoms with E-state index in [-0.39, 0.29) is 11.4 Å². The van der Waals surface area contributed by atoms with E-state index in [2.05, 4.69) is 5.32 Å². The molecule has 0 radical (unpaired) electrons. The standard InChI is InChI=1S/C13H15NO2/c1-13(2,3)14-12(15)10-8-16-11-7-5-4-6-9(10)11/h4-8H,1-3H3,(H,14,15). The molecule has 2 aromatic rings. The van der Waals surface area contributed by atoms with Gasteiger partial charge in [-0.25, -0.2) is 0 Å². The summed E-state index contributed by atoms with van der Waals surface area (Å²) in [5.74, 6) is -0.0996. The van der Waals surface area contributed by atoms with Crippen molar-refractivity contribution in [2.24, 2.45) is 0 Å². The van der Waals surface area contributed by atoms with Crippen LogP contribution in [-0.4, -0.2) is 11.4 Å². The van der Waals surface area contributed by atoms with Gasteiger partial charge in [-0.05, 0) is 26.8 Å². The predicted octanol–water partition coefficient (Wildman–Crippen LogP) is 2.96. The lowest BCUT2D eigenvalue weighted by Crippen LogP contribution is -2.40. The summed E-state index contributed by atoms with van der Waals surface area (Å²) in [4.78, 5) is 12.0. The fourth-order valence-electron chi connectivity index (χ4n) is 1.56. The van der Waals surface area contributed by atoms with Gasteiger partial charge in [-0.15, -0.1) is 0 Å². The SMILES string of the molecule is CC(C)(C)NC(=O)c1coc2ccccc12. The first-order chi connectivity index (χ1) is 7.47. The molecule has 84 valence electrons. The quantitative estimate of drug-likeness (QED) is 0.798. The van der Waals surface area contributed by atoms with Gasteiger partial charge in [0.25, 0.3) is 5.91 Å².